The van der Waals surface area contributed by atoms with E-state index in [0.29, 0.717) is 5.92 Å². The topological polar surface area (TPSA) is 24.9 Å². The molecule has 19 heavy (non-hydrogen) atoms. The second-order valence-electron chi connectivity index (χ2n) is 4.93. The quantitative estimate of drug-likeness (QED) is 0.775. The van der Waals surface area contributed by atoms with Crippen molar-refractivity contribution in [2.45, 2.75) is 31.0 Å². The highest BCUT2D eigenvalue weighted by Crippen LogP contribution is 2.24. The van der Waals surface area contributed by atoms with Gasteiger partial charge in [0.1, 0.15) is 0 Å². The number of nitrogens with zero attached hydrogens (tertiary/aromatic N) is 1. The summed E-state index contributed by atoms with van der Waals surface area (Å²) in [6.07, 6.45) is 1.95. The van der Waals surface area contributed by atoms with Crippen LogP contribution in [0.25, 0.3) is 0 Å². The van der Waals surface area contributed by atoms with Crippen LogP contribution < -0.4 is 5.32 Å². The predicted molar refractivity (Wildman–Crippen MR) is 84.7 cm³/mol. The van der Waals surface area contributed by atoms with Gasteiger partial charge in [-0.25, -0.2) is 0 Å². The van der Waals surface area contributed by atoms with E-state index < -0.39 is 0 Å². The zero-order chi connectivity index (χ0) is 13.5. The number of aromatic nitrogens is 1. The van der Waals surface area contributed by atoms with Crippen molar-refractivity contribution in [3.8, 4) is 0 Å². The minimum atomic E-state index is 0.698. The Labute approximate surface area is 123 Å². The normalized spacial score (nSPS) is 11.1. The number of hydrogen-bond donors (Lipinski definition) is 1. The van der Waals surface area contributed by atoms with Gasteiger partial charge in [-0.2, -0.15) is 0 Å². The van der Waals surface area contributed by atoms with Crippen LogP contribution in [-0.2, 0) is 12.3 Å². The lowest BCUT2D eigenvalue weighted by atomic mass is 10.2. The third-order valence-corrected chi connectivity index (χ3v) is 4.65. The van der Waals surface area contributed by atoms with Crippen molar-refractivity contribution in [1.82, 2.24) is 10.3 Å². The molecule has 1 N–H and O–H groups in total. The molecule has 0 radical (unpaired) electrons. The van der Waals surface area contributed by atoms with Crippen molar-refractivity contribution in [2.75, 3.05) is 6.54 Å². The first-order valence-electron chi connectivity index (χ1n) is 6.54. The molecule has 102 valence electrons. The molecule has 2 rings (SSSR count). The summed E-state index contributed by atoms with van der Waals surface area (Å²) in [6, 6.07) is 8.78. The molecule has 1 aromatic heterocycles. The Morgan fingerprint density at radius 1 is 1.37 bits per heavy atom. The molecular weight excluding hydrogens is 272 g/mol. The third kappa shape index (κ3) is 5.35. The maximum absolute atomic E-state index is 4.10. The van der Waals surface area contributed by atoms with Gasteiger partial charge in [0.25, 0.3) is 0 Å². The molecule has 0 saturated carbocycles. The lowest BCUT2D eigenvalue weighted by molar-refractivity contribution is 0.552. The Bertz CT molecular complexity index is 481. The average molecular weight is 292 g/mol. The first-order valence-corrected chi connectivity index (χ1v) is 8.40. The summed E-state index contributed by atoms with van der Waals surface area (Å²) in [5, 5.41) is 3.48. The summed E-state index contributed by atoms with van der Waals surface area (Å²) in [4.78, 5) is 6.76. The van der Waals surface area contributed by atoms with Gasteiger partial charge in [0, 0.05) is 28.3 Å². The van der Waals surface area contributed by atoms with Gasteiger partial charge in [0.2, 0.25) is 0 Å². The molecule has 1 heterocycles. The van der Waals surface area contributed by atoms with Crippen LogP contribution in [0.4, 0.5) is 0 Å². The molecule has 0 aliphatic heterocycles. The minimum Gasteiger partial charge on any atom is -0.312 e. The van der Waals surface area contributed by atoms with E-state index in [0.717, 1.165) is 18.8 Å². The molecule has 0 unspecified atom stereocenters. The maximum atomic E-state index is 4.10. The first kappa shape index (κ1) is 14.6. The number of rotatable bonds is 7. The number of thiazole rings is 1. The van der Waals surface area contributed by atoms with E-state index >= 15 is 0 Å². The van der Waals surface area contributed by atoms with Gasteiger partial charge in [-0.3, -0.25) is 4.98 Å². The van der Waals surface area contributed by atoms with Crippen LogP contribution in [0.15, 0.2) is 40.9 Å². The van der Waals surface area contributed by atoms with Crippen molar-refractivity contribution >= 4 is 23.1 Å². The van der Waals surface area contributed by atoms with Gasteiger partial charge in [-0.05, 0) is 30.2 Å². The molecule has 0 aliphatic rings. The van der Waals surface area contributed by atoms with E-state index in [1.165, 1.54) is 15.3 Å². The SMILES string of the molecule is CC(C)CNCc1cccc(SCc2cncs2)c1. The summed E-state index contributed by atoms with van der Waals surface area (Å²) in [7, 11) is 0. The third-order valence-electron chi connectivity index (χ3n) is 2.64. The smallest absolute Gasteiger partial charge is 0.0794 e. The van der Waals surface area contributed by atoms with Gasteiger partial charge in [0.15, 0.2) is 0 Å². The fourth-order valence-corrected chi connectivity index (χ4v) is 3.34. The highest BCUT2D eigenvalue weighted by molar-refractivity contribution is 7.98. The molecule has 2 aromatic rings. The van der Waals surface area contributed by atoms with Crippen molar-refractivity contribution in [1.29, 1.82) is 0 Å². The molecule has 0 amide bonds. The largest absolute Gasteiger partial charge is 0.312 e. The van der Waals surface area contributed by atoms with Gasteiger partial charge in [0.05, 0.1) is 5.51 Å². The van der Waals surface area contributed by atoms with Crippen LogP contribution in [0.3, 0.4) is 0 Å². The van der Waals surface area contributed by atoms with Crippen LogP contribution in [0.5, 0.6) is 0 Å². The lowest BCUT2D eigenvalue weighted by Crippen LogP contribution is -2.18. The molecule has 0 saturated heterocycles. The lowest BCUT2D eigenvalue weighted by Gasteiger charge is -2.08. The first-order chi connectivity index (χ1) is 9.24. The Balaban J connectivity index is 1.84. The van der Waals surface area contributed by atoms with Gasteiger partial charge in [-0.15, -0.1) is 23.1 Å². The van der Waals surface area contributed by atoms with Crippen LogP contribution >= 0.6 is 23.1 Å². The Kier molecular flexibility index (Phi) is 5.89. The van der Waals surface area contributed by atoms with E-state index in [4.69, 9.17) is 0 Å². The van der Waals surface area contributed by atoms with Gasteiger partial charge < -0.3 is 5.32 Å². The molecule has 2 nitrogen and oxygen atoms in total. The average Bonchev–Trinajstić information content (AvgIpc) is 2.89. The maximum Gasteiger partial charge on any atom is 0.0794 e. The van der Waals surface area contributed by atoms with Crippen LogP contribution in [0, 0.1) is 5.92 Å². The monoisotopic (exact) mass is 292 g/mol. The van der Waals surface area contributed by atoms with Gasteiger partial charge >= 0.3 is 0 Å². The molecule has 1 aromatic carbocycles. The number of thioether (sulfide) groups is 1. The fraction of sp³-hybridized carbons (Fsp3) is 0.400. The summed E-state index contributed by atoms with van der Waals surface area (Å²) in [6.45, 7) is 6.48. The Morgan fingerprint density at radius 2 is 2.26 bits per heavy atom. The second kappa shape index (κ2) is 7.68. The molecule has 0 bridgehead atoms. The zero-order valence-corrected chi connectivity index (χ0v) is 13.1. The zero-order valence-electron chi connectivity index (χ0n) is 11.4. The molecule has 0 fully saturated rings. The highest BCUT2D eigenvalue weighted by atomic mass is 32.2. The summed E-state index contributed by atoms with van der Waals surface area (Å²) >= 11 is 3.59. The standard InChI is InChI=1S/C15H20N2S2/c1-12(2)7-16-8-13-4-3-5-14(6-13)18-10-15-9-17-11-19-15/h3-6,9,11-12,16H,7-8,10H2,1-2H3. The summed E-state index contributed by atoms with van der Waals surface area (Å²) in [5.41, 5.74) is 3.25. The van der Waals surface area contributed by atoms with E-state index in [2.05, 4.69) is 48.4 Å². The van der Waals surface area contributed by atoms with Crippen molar-refractivity contribution in [2.24, 2.45) is 5.92 Å². The Hall–Kier alpha value is -0.840. The highest BCUT2D eigenvalue weighted by Gasteiger charge is 2.00. The number of nitrogens with one attached hydrogen (secondary N) is 1. The van der Waals surface area contributed by atoms with E-state index in [9.17, 15) is 0 Å². The number of benzene rings is 1. The van der Waals surface area contributed by atoms with Crippen LogP contribution in [-0.4, -0.2) is 11.5 Å². The predicted octanol–water partition coefficient (Wildman–Crippen LogP) is 4.18. The molecule has 0 spiro atoms. The Morgan fingerprint density at radius 3 is 3.00 bits per heavy atom. The van der Waals surface area contributed by atoms with Crippen LogP contribution in [0.1, 0.15) is 24.3 Å². The molecule has 4 heteroatoms. The van der Waals surface area contributed by atoms with Crippen molar-refractivity contribution < 1.29 is 0 Å². The second-order valence-corrected chi connectivity index (χ2v) is 6.95. The van der Waals surface area contributed by atoms with E-state index in [-0.39, 0.29) is 0 Å². The van der Waals surface area contributed by atoms with Gasteiger partial charge in [-0.1, -0.05) is 26.0 Å². The van der Waals surface area contributed by atoms with E-state index in [1.807, 2.05) is 23.5 Å². The molecule has 0 atom stereocenters. The van der Waals surface area contributed by atoms with E-state index in [1.54, 1.807) is 11.3 Å². The summed E-state index contributed by atoms with van der Waals surface area (Å²) in [5.74, 6) is 1.71. The van der Waals surface area contributed by atoms with Crippen molar-refractivity contribution in [3.05, 3.63) is 46.4 Å². The summed E-state index contributed by atoms with van der Waals surface area (Å²) < 4.78 is 0. The minimum absolute atomic E-state index is 0.698. The molecular formula is C15H20N2S2. The fourth-order valence-electron chi connectivity index (χ4n) is 1.72. The number of hydrogen-bond acceptors (Lipinski definition) is 4. The van der Waals surface area contributed by atoms with Crippen LogP contribution in [0.2, 0.25) is 0 Å². The van der Waals surface area contributed by atoms with Crippen molar-refractivity contribution in [3.63, 3.8) is 0 Å². The molecule has 0 aliphatic carbocycles.